The molecule has 1 atom stereocenters. The fraction of sp³-hybridized carbons (Fsp3) is 0.500. The zero-order chi connectivity index (χ0) is 13.4. The summed E-state index contributed by atoms with van der Waals surface area (Å²) < 4.78 is 5.68. The van der Waals surface area contributed by atoms with Gasteiger partial charge >= 0.3 is 0 Å². The highest BCUT2D eigenvalue weighted by molar-refractivity contribution is 5.90. The zero-order valence-electron chi connectivity index (χ0n) is 11.0. The quantitative estimate of drug-likeness (QED) is 0.783. The van der Waals surface area contributed by atoms with Crippen molar-refractivity contribution in [3.63, 3.8) is 0 Å². The van der Waals surface area contributed by atoms with E-state index in [0.717, 1.165) is 17.9 Å². The molecule has 4 nitrogen and oxygen atoms in total. The van der Waals surface area contributed by atoms with Crippen molar-refractivity contribution in [3.8, 4) is 5.75 Å². The van der Waals surface area contributed by atoms with E-state index in [1.165, 1.54) is 0 Å². The normalized spacial score (nSPS) is 11.9. The number of anilines is 1. The van der Waals surface area contributed by atoms with Crippen molar-refractivity contribution in [2.45, 2.75) is 39.2 Å². The molecule has 1 rings (SSSR count). The summed E-state index contributed by atoms with van der Waals surface area (Å²) in [5.41, 5.74) is 0.721. The van der Waals surface area contributed by atoms with Crippen LogP contribution in [0.2, 0.25) is 0 Å². The molecule has 18 heavy (non-hydrogen) atoms. The average molecular weight is 251 g/mol. The number of ether oxygens (including phenoxy) is 1. The van der Waals surface area contributed by atoms with E-state index < -0.39 is 0 Å². The Morgan fingerprint density at radius 3 is 2.94 bits per heavy atom. The summed E-state index contributed by atoms with van der Waals surface area (Å²) in [6, 6.07) is 7.35. The summed E-state index contributed by atoms with van der Waals surface area (Å²) in [4.78, 5) is 11.5. The summed E-state index contributed by atoms with van der Waals surface area (Å²) >= 11 is 0. The third-order valence-electron chi connectivity index (χ3n) is 2.59. The van der Waals surface area contributed by atoms with E-state index in [4.69, 9.17) is 9.84 Å². The van der Waals surface area contributed by atoms with Crippen LogP contribution in [-0.2, 0) is 4.79 Å². The first-order chi connectivity index (χ1) is 8.65. The molecular weight excluding hydrogens is 230 g/mol. The van der Waals surface area contributed by atoms with Crippen LogP contribution >= 0.6 is 0 Å². The van der Waals surface area contributed by atoms with Crippen molar-refractivity contribution in [2.75, 3.05) is 11.9 Å². The number of amides is 1. The maximum absolute atomic E-state index is 11.5. The lowest BCUT2D eigenvalue weighted by Gasteiger charge is -2.13. The number of carbonyl (C=O) groups is 1. The summed E-state index contributed by atoms with van der Waals surface area (Å²) in [7, 11) is 0. The SMILES string of the molecule is CCC(C)Oc1cccc(NC(=O)CCCO)c1. The minimum Gasteiger partial charge on any atom is -0.491 e. The Kier molecular flexibility index (Phi) is 6.22. The first-order valence-electron chi connectivity index (χ1n) is 6.33. The van der Waals surface area contributed by atoms with E-state index in [1.807, 2.05) is 31.2 Å². The Balaban J connectivity index is 2.56. The molecule has 0 bridgehead atoms. The molecule has 2 N–H and O–H groups in total. The molecular formula is C14H21NO3. The number of nitrogens with one attached hydrogen (secondary N) is 1. The molecule has 0 spiro atoms. The third kappa shape index (κ3) is 5.19. The van der Waals surface area contributed by atoms with Crippen LogP contribution in [0.25, 0.3) is 0 Å². The predicted molar refractivity (Wildman–Crippen MR) is 71.8 cm³/mol. The first kappa shape index (κ1) is 14.5. The van der Waals surface area contributed by atoms with Gasteiger partial charge in [-0.2, -0.15) is 0 Å². The third-order valence-corrected chi connectivity index (χ3v) is 2.59. The number of carbonyl (C=O) groups excluding carboxylic acids is 1. The molecule has 1 unspecified atom stereocenters. The Morgan fingerprint density at radius 1 is 1.50 bits per heavy atom. The Labute approximate surface area is 108 Å². The predicted octanol–water partition coefficient (Wildman–Crippen LogP) is 2.57. The molecule has 4 heteroatoms. The van der Waals surface area contributed by atoms with Crippen LogP contribution in [-0.4, -0.2) is 23.7 Å². The lowest BCUT2D eigenvalue weighted by Crippen LogP contribution is -2.13. The van der Waals surface area contributed by atoms with Crippen LogP contribution < -0.4 is 10.1 Å². The number of benzene rings is 1. The van der Waals surface area contributed by atoms with Gasteiger partial charge in [-0.1, -0.05) is 13.0 Å². The second-order valence-corrected chi connectivity index (χ2v) is 4.24. The highest BCUT2D eigenvalue weighted by atomic mass is 16.5. The standard InChI is InChI=1S/C14H21NO3/c1-3-11(2)18-13-7-4-6-12(10-13)15-14(17)8-5-9-16/h4,6-7,10-11,16H,3,5,8-9H2,1-2H3,(H,15,17). The van der Waals surface area contributed by atoms with Gasteiger partial charge in [-0.05, 0) is 31.9 Å². The molecule has 1 aromatic rings. The molecule has 0 aromatic heterocycles. The lowest BCUT2D eigenvalue weighted by molar-refractivity contribution is -0.116. The first-order valence-corrected chi connectivity index (χ1v) is 6.33. The molecule has 1 amide bonds. The minimum atomic E-state index is -0.0928. The van der Waals surface area contributed by atoms with Crippen LogP contribution in [0.5, 0.6) is 5.75 Å². The topological polar surface area (TPSA) is 58.6 Å². The molecule has 0 saturated heterocycles. The van der Waals surface area contributed by atoms with Gasteiger partial charge in [0.1, 0.15) is 5.75 Å². The van der Waals surface area contributed by atoms with Crippen LogP contribution in [0.3, 0.4) is 0 Å². The van der Waals surface area contributed by atoms with Gasteiger partial charge in [0.05, 0.1) is 6.10 Å². The van der Waals surface area contributed by atoms with E-state index in [2.05, 4.69) is 12.2 Å². The van der Waals surface area contributed by atoms with Crippen LogP contribution in [0.4, 0.5) is 5.69 Å². The monoisotopic (exact) mass is 251 g/mol. The van der Waals surface area contributed by atoms with Crippen LogP contribution in [0.1, 0.15) is 33.1 Å². The van der Waals surface area contributed by atoms with Gasteiger partial charge in [0, 0.05) is 24.8 Å². The van der Waals surface area contributed by atoms with Gasteiger partial charge in [-0.15, -0.1) is 0 Å². The van der Waals surface area contributed by atoms with Crippen molar-refractivity contribution in [1.29, 1.82) is 0 Å². The Hall–Kier alpha value is -1.55. The fourth-order valence-corrected chi connectivity index (χ4v) is 1.43. The van der Waals surface area contributed by atoms with Gasteiger partial charge in [0.15, 0.2) is 0 Å². The van der Waals surface area contributed by atoms with Crippen molar-refractivity contribution >= 4 is 11.6 Å². The Bertz CT molecular complexity index is 379. The van der Waals surface area contributed by atoms with E-state index in [9.17, 15) is 4.79 Å². The minimum absolute atomic E-state index is 0.0323. The second-order valence-electron chi connectivity index (χ2n) is 4.24. The molecule has 0 aliphatic rings. The van der Waals surface area contributed by atoms with Gasteiger partial charge in [0.25, 0.3) is 0 Å². The van der Waals surface area contributed by atoms with Gasteiger partial charge in [-0.3, -0.25) is 4.79 Å². The average Bonchev–Trinajstić information content (AvgIpc) is 2.36. The maximum Gasteiger partial charge on any atom is 0.224 e. The fourth-order valence-electron chi connectivity index (χ4n) is 1.43. The number of aliphatic hydroxyl groups excluding tert-OH is 1. The summed E-state index contributed by atoms with van der Waals surface area (Å²) in [5, 5.41) is 11.4. The number of hydrogen-bond acceptors (Lipinski definition) is 3. The van der Waals surface area contributed by atoms with Crippen LogP contribution in [0.15, 0.2) is 24.3 Å². The van der Waals surface area contributed by atoms with Crippen LogP contribution in [0, 0.1) is 0 Å². The zero-order valence-corrected chi connectivity index (χ0v) is 11.0. The summed E-state index contributed by atoms with van der Waals surface area (Å²) in [6.07, 6.45) is 1.90. The molecule has 1 aromatic carbocycles. The molecule has 0 aliphatic heterocycles. The van der Waals surface area contributed by atoms with Crippen molar-refractivity contribution in [1.82, 2.24) is 0 Å². The smallest absolute Gasteiger partial charge is 0.224 e. The van der Waals surface area contributed by atoms with Crippen molar-refractivity contribution in [2.24, 2.45) is 0 Å². The van der Waals surface area contributed by atoms with Gasteiger partial charge in [0.2, 0.25) is 5.91 Å². The summed E-state index contributed by atoms with van der Waals surface area (Å²) in [6.45, 7) is 4.10. The summed E-state index contributed by atoms with van der Waals surface area (Å²) in [5.74, 6) is 0.661. The maximum atomic E-state index is 11.5. The number of hydrogen-bond donors (Lipinski definition) is 2. The molecule has 0 fully saturated rings. The molecule has 0 radical (unpaired) electrons. The van der Waals surface area contributed by atoms with E-state index in [0.29, 0.717) is 12.8 Å². The molecule has 0 aliphatic carbocycles. The van der Waals surface area contributed by atoms with E-state index in [-0.39, 0.29) is 18.6 Å². The Morgan fingerprint density at radius 2 is 2.28 bits per heavy atom. The van der Waals surface area contributed by atoms with Crippen molar-refractivity contribution < 1.29 is 14.6 Å². The largest absolute Gasteiger partial charge is 0.491 e. The van der Waals surface area contributed by atoms with E-state index in [1.54, 1.807) is 0 Å². The van der Waals surface area contributed by atoms with Gasteiger partial charge in [-0.25, -0.2) is 0 Å². The molecule has 0 saturated carbocycles. The van der Waals surface area contributed by atoms with Gasteiger partial charge < -0.3 is 15.2 Å². The molecule has 100 valence electrons. The highest BCUT2D eigenvalue weighted by Crippen LogP contribution is 2.19. The second kappa shape index (κ2) is 7.71. The highest BCUT2D eigenvalue weighted by Gasteiger charge is 2.04. The number of aliphatic hydroxyl groups is 1. The van der Waals surface area contributed by atoms with Crippen molar-refractivity contribution in [3.05, 3.63) is 24.3 Å². The lowest BCUT2D eigenvalue weighted by atomic mass is 10.2. The number of rotatable bonds is 7. The molecule has 0 heterocycles. The van der Waals surface area contributed by atoms with E-state index >= 15 is 0 Å².